The van der Waals surface area contributed by atoms with Gasteiger partial charge in [0.15, 0.2) is 5.69 Å². The van der Waals surface area contributed by atoms with Crippen molar-refractivity contribution in [3.63, 3.8) is 0 Å². The van der Waals surface area contributed by atoms with Crippen LogP contribution < -0.4 is 5.32 Å². The van der Waals surface area contributed by atoms with E-state index in [0.29, 0.717) is 17.8 Å². The van der Waals surface area contributed by atoms with Gasteiger partial charge in [-0.05, 0) is 39.8 Å². The van der Waals surface area contributed by atoms with E-state index >= 15 is 0 Å². The molecule has 2 rings (SSSR count). The Morgan fingerprint density at radius 3 is 2.48 bits per heavy atom. The van der Waals surface area contributed by atoms with Crippen LogP contribution in [0.4, 0.5) is 5.69 Å². The molecule has 1 heterocycles. The van der Waals surface area contributed by atoms with Crippen molar-refractivity contribution < 1.29 is 14.3 Å². The first-order valence-electron chi connectivity index (χ1n) is 7.57. The standard InChI is InChI=1S/C17H21N3O3/c1-5-20-10-14(15(19-20)17(22)23-11(2)3)18-16(21)13-8-6-12(4)7-9-13/h6-11H,5H2,1-4H3,(H,18,21). The second-order valence-corrected chi connectivity index (χ2v) is 5.52. The lowest BCUT2D eigenvalue weighted by atomic mass is 10.1. The number of hydrogen-bond acceptors (Lipinski definition) is 4. The number of rotatable bonds is 5. The fourth-order valence-electron chi connectivity index (χ4n) is 1.99. The van der Waals surface area contributed by atoms with E-state index in [4.69, 9.17) is 4.74 Å². The van der Waals surface area contributed by atoms with Gasteiger partial charge in [0.05, 0.1) is 11.8 Å². The van der Waals surface area contributed by atoms with E-state index in [1.54, 1.807) is 36.9 Å². The van der Waals surface area contributed by atoms with Gasteiger partial charge in [0, 0.05) is 18.3 Å². The van der Waals surface area contributed by atoms with Crippen molar-refractivity contribution in [2.24, 2.45) is 0 Å². The van der Waals surface area contributed by atoms with Crippen LogP contribution >= 0.6 is 0 Å². The topological polar surface area (TPSA) is 73.2 Å². The third-order valence-corrected chi connectivity index (χ3v) is 3.18. The summed E-state index contributed by atoms with van der Waals surface area (Å²) < 4.78 is 6.76. The quantitative estimate of drug-likeness (QED) is 0.861. The first-order chi connectivity index (χ1) is 10.9. The van der Waals surface area contributed by atoms with Gasteiger partial charge in [0.2, 0.25) is 0 Å². The molecule has 0 radical (unpaired) electrons. The van der Waals surface area contributed by atoms with Crippen molar-refractivity contribution >= 4 is 17.6 Å². The lowest BCUT2D eigenvalue weighted by molar-refractivity contribution is 0.0371. The zero-order chi connectivity index (χ0) is 17.0. The number of nitrogens with one attached hydrogen (secondary N) is 1. The van der Waals surface area contributed by atoms with Crippen LogP contribution in [0.15, 0.2) is 30.5 Å². The van der Waals surface area contributed by atoms with E-state index < -0.39 is 5.97 Å². The second kappa shape index (κ2) is 7.09. The molecule has 0 aliphatic rings. The Bertz CT molecular complexity index is 702. The van der Waals surface area contributed by atoms with Gasteiger partial charge >= 0.3 is 5.97 Å². The smallest absolute Gasteiger partial charge is 0.361 e. The highest BCUT2D eigenvalue weighted by Gasteiger charge is 2.21. The molecule has 1 aromatic heterocycles. The number of carbonyl (C=O) groups is 2. The minimum Gasteiger partial charge on any atom is -0.458 e. The molecule has 0 atom stereocenters. The average molecular weight is 315 g/mol. The van der Waals surface area contributed by atoms with Crippen LogP contribution in [-0.2, 0) is 11.3 Å². The molecule has 23 heavy (non-hydrogen) atoms. The highest BCUT2D eigenvalue weighted by molar-refractivity contribution is 6.07. The Kier molecular flexibility index (Phi) is 5.16. The van der Waals surface area contributed by atoms with Crippen molar-refractivity contribution in [1.29, 1.82) is 0 Å². The van der Waals surface area contributed by atoms with Crippen LogP contribution in [0.1, 0.15) is 47.2 Å². The number of benzene rings is 1. The van der Waals surface area contributed by atoms with Crippen molar-refractivity contribution in [3.8, 4) is 0 Å². The first kappa shape index (κ1) is 16.7. The summed E-state index contributed by atoms with van der Waals surface area (Å²) in [4.78, 5) is 24.4. The molecule has 0 saturated heterocycles. The fraction of sp³-hybridized carbons (Fsp3) is 0.353. The number of carbonyl (C=O) groups excluding carboxylic acids is 2. The van der Waals surface area contributed by atoms with E-state index in [-0.39, 0.29) is 17.7 Å². The highest BCUT2D eigenvalue weighted by Crippen LogP contribution is 2.17. The van der Waals surface area contributed by atoms with Crippen LogP contribution in [0.5, 0.6) is 0 Å². The summed E-state index contributed by atoms with van der Waals surface area (Å²) in [5, 5.41) is 6.90. The summed E-state index contributed by atoms with van der Waals surface area (Å²) in [5.74, 6) is -0.842. The number of anilines is 1. The maximum atomic E-state index is 12.3. The average Bonchev–Trinajstić information content (AvgIpc) is 2.90. The molecule has 6 nitrogen and oxygen atoms in total. The molecule has 0 saturated carbocycles. The molecule has 0 unspecified atom stereocenters. The minimum absolute atomic E-state index is 0.112. The van der Waals surface area contributed by atoms with Gasteiger partial charge in [-0.1, -0.05) is 17.7 Å². The van der Waals surface area contributed by atoms with Crippen molar-refractivity contribution in [1.82, 2.24) is 9.78 Å². The monoisotopic (exact) mass is 315 g/mol. The number of aromatic nitrogens is 2. The Balaban J connectivity index is 2.24. The Hall–Kier alpha value is -2.63. The number of aryl methyl sites for hydroxylation is 2. The molecular formula is C17H21N3O3. The summed E-state index contributed by atoms with van der Waals surface area (Å²) >= 11 is 0. The zero-order valence-corrected chi connectivity index (χ0v) is 13.8. The fourth-order valence-corrected chi connectivity index (χ4v) is 1.99. The van der Waals surface area contributed by atoms with E-state index in [1.165, 1.54) is 0 Å². The maximum absolute atomic E-state index is 12.3. The lowest BCUT2D eigenvalue weighted by Gasteiger charge is -2.08. The Morgan fingerprint density at radius 2 is 1.91 bits per heavy atom. The molecular weight excluding hydrogens is 294 g/mol. The molecule has 1 N–H and O–H groups in total. The van der Waals surface area contributed by atoms with Crippen molar-refractivity contribution in [3.05, 3.63) is 47.3 Å². The third kappa shape index (κ3) is 4.18. The van der Waals surface area contributed by atoms with Crippen LogP contribution in [0, 0.1) is 6.92 Å². The SMILES string of the molecule is CCn1cc(NC(=O)c2ccc(C)cc2)c(C(=O)OC(C)C)n1. The van der Waals surface area contributed by atoms with Crippen LogP contribution in [0.25, 0.3) is 0 Å². The van der Waals surface area contributed by atoms with E-state index in [2.05, 4.69) is 10.4 Å². The predicted molar refractivity (Wildman–Crippen MR) is 87.6 cm³/mol. The highest BCUT2D eigenvalue weighted by atomic mass is 16.5. The zero-order valence-electron chi connectivity index (χ0n) is 13.8. The molecule has 6 heteroatoms. The summed E-state index contributed by atoms with van der Waals surface area (Å²) in [6, 6.07) is 7.19. The van der Waals surface area contributed by atoms with Gasteiger partial charge in [-0.25, -0.2) is 4.79 Å². The molecule has 2 aromatic rings. The maximum Gasteiger partial charge on any atom is 0.361 e. The molecule has 1 amide bonds. The van der Waals surface area contributed by atoms with E-state index in [1.807, 2.05) is 26.0 Å². The number of esters is 1. The summed E-state index contributed by atoms with van der Waals surface area (Å²) in [5.41, 5.74) is 2.05. The first-order valence-corrected chi connectivity index (χ1v) is 7.57. The normalized spacial score (nSPS) is 10.7. The number of hydrogen-bond donors (Lipinski definition) is 1. The molecule has 1 aromatic carbocycles. The minimum atomic E-state index is -0.550. The summed E-state index contributed by atoms with van der Waals surface area (Å²) in [6.45, 7) is 7.96. The molecule has 0 aliphatic carbocycles. The Morgan fingerprint density at radius 1 is 1.26 bits per heavy atom. The van der Waals surface area contributed by atoms with E-state index in [9.17, 15) is 9.59 Å². The summed E-state index contributed by atoms with van der Waals surface area (Å²) in [7, 11) is 0. The number of nitrogens with zero attached hydrogens (tertiary/aromatic N) is 2. The van der Waals surface area contributed by atoms with Crippen molar-refractivity contribution in [2.45, 2.75) is 40.3 Å². The van der Waals surface area contributed by atoms with E-state index in [0.717, 1.165) is 5.56 Å². The number of ether oxygens (including phenoxy) is 1. The van der Waals surface area contributed by atoms with Crippen molar-refractivity contribution in [2.75, 3.05) is 5.32 Å². The number of amides is 1. The van der Waals surface area contributed by atoms with Gasteiger partial charge in [-0.2, -0.15) is 5.10 Å². The van der Waals surface area contributed by atoms with Gasteiger partial charge in [0.1, 0.15) is 0 Å². The lowest BCUT2D eigenvalue weighted by Crippen LogP contribution is -2.17. The predicted octanol–water partition coefficient (Wildman–Crippen LogP) is 3.03. The molecule has 0 aliphatic heterocycles. The van der Waals surface area contributed by atoms with Gasteiger partial charge in [-0.15, -0.1) is 0 Å². The van der Waals surface area contributed by atoms with Crippen LogP contribution in [-0.4, -0.2) is 27.8 Å². The molecule has 122 valence electrons. The second-order valence-electron chi connectivity index (χ2n) is 5.52. The van der Waals surface area contributed by atoms with Gasteiger partial charge < -0.3 is 10.1 Å². The Labute approximate surface area is 135 Å². The van der Waals surface area contributed by atoms with Gasteiger partial charge in [-0.3, -0.25) is 9.48 Å². The largest absolute Gasteiger partial charge is 0.458 e. The molecule has 0 bridgehead atoms. The molecule has 0 fully saturated rings. The molecule has 0 spiro atoms. The van der Waals surface area contributed by atoms with Crippen LogP contribution in [0.3, 0.4) is 0 Å². The van der Waals surface area contributed by atoms with Gasteiger partial charge in [0.25, 0.3) is 5.91 Å². The third-order valence-electron chi connectivity index (χ3n) is 3.18. The van der Waals surface area contributed by atoms with Crippen LogP contribution in [0.2, 0.25) is 0 Å². The summed E-state index contributed by atoms with van der Waals surface area (Å²) in [6.07, 6.45) is 1.37.